The number of hydrogen-bond acceptors (Lipinski definition) is 2. The van der Waals surface area contributed by atoms with Crippen molar-refractivity contribution in [2.75, 3.05) is 0 Å². The van der Waals surface area contributed by atoms with Crippen LogP contribution in [-0.2, 0) is 46.5 Å². The van der Waals surface area contributed by atoms with Gasteiger partial charge in [-0.05, 0) is 35.1 Å². The van der Waals surface area contributed by atoms with Gasteiger partial charge in [-0.15, -0.1) is 0 Å². The Morgan fingerprint density at radius 1 is 0.397 bits per heavy atom. The molecule has 1 fully saturated rings. The molecule has 0 spiro atoms. The van der Waals surface area contributed by atoms with Crippen LogP contribution in [0.5, 0.6) is 0 Å². The first-order valence-electron chi connectivity index (χ1n) is 20.3. The Bertz CT molecular complexity index is 1490. The third-order valence-electron chi connectivity index (χ3n) is 7.29. The summed E-state index contributed by atoms with van der Waals surface area (Å²) in [5, 5.41) is 0. The fourth-order valence-electron chi connectivity index (χ4n) is 4.47. The largest absolute Gasteiger partial charge is 1.00 e. The van der Waals surface area contributed by atoms with E-state index in [9.17, 15) is 8.42 Å². The van der Waals surface area contributed by atoms with Gasteiger partial charge in [-0.1, -0.05) is 283 Å². The van der Waals surface area contributed by atoms with Gasteiger partial charge in [0, 0.05) is 31.1 Å². The molecule has 0 saturated heterocycles. The Labute approximate surface area is 465 Å². The molecule has 2 atom stereocenters. The predicted molar refractivity (Wildman–Crippen MR) is 309 cm³/mol. The molecule has 0 amide bonds. The van der Waals surface area contributed by atoms with E-state index in [1.807, 2.05) is 140 Å². The van der Waals surface area contributed by atoms with Gasteiger partial charge >= 0.3 is 18.9 Å². The molecule has 0 aromatic heterocycles. The molecule has 8 heteroatoms. The zero-order valence-corrected chi connectivity index (χ0v) is 43.0. The zero-order valence-electron chi connectivity index (χ0n) is 37.2. The number of rotatable bonds is 6. The molecule has 7 rings (SSSR count). The SMILES string of the molecule is C.C.C.C.C.C.C.C.C1CCCC1.CCC.CCc1ccccc1.CCc1ccccc1.O=S(O)Cc1ccccc1.O=S(O)Cc1ccccc1.[CH2-]C.[Li+].[U].[c-]1ccccc1.c1ccccc1. The van der Waals surface area contributed by atoms with Crippen molar-refractivity contribution in [1.82, 2.24) is 0 Å². The van der Waals surface area contributed by atoms with Gasteiger partial charge in [0.2, 0.25) is 0 Å². The third-order valence-corrected chi connectivity index (χ3v) is 8.45. The number of aryl methyl sites for hydroxylation is 2. The zero-order chi connectivity index (χ0) is 43.2. The van der Waals surface area contributed by atoms with Crippen molar-refractivity contribution in [3.05, 3.63) is 223 Å². The first kappa shape index (κ1) is 94.9. The van der Waals surface area contributed by atoms with E-state index < -0.39 is 22.2 Å². The second-order valence-corrected chi connectivity index (χ2v) is 14.2. The molecule has 1 saturated carbocycles. The molecule has 1 aliphatic carbocycles. The Hall–Kier alpha value is -2.81. The van der Waals surface area contributed by atoms with Crippen molar-refractivity contribution < 1.29 is 67.5 Å². The minimum Gasteiger partial charge on any atom is -0.346 e. The van der Waals surface area contributed by atoms with Crippen LogP contribution in [0.25, 0.3) is 0 Å². The first-order valence-corrected chi connectivity index (χ1v) is 22.8. The standard InChI is InChI=1S/2C8H10.2C7H8O2S.C6H6.C6H5.C5H10.C3H8.C2H5.8CH4.Li.U/c2*1-2-8-6-4-3-5-7-8;2*8-10(9)6-7-4-2-1-3-5-7;2*1-2-4-6-5-3-1;1-2-4-5-3-1;1-3-2;1-2;;;;;;;;;;/h2*3-7H,2H2,1H3;2*1-5H,6H2,(H,8,9);1-6H;1-5H;1-5H2;3H2,1-2H3;1H2,2H3;8*1H4;;/q;;;;;-1;;;-1;;;;;;;;;+1;. The molecule has 2 unspecified atom stereocenters. The quantitative estimate of drug-likeness (QED) is 0.0990. The van der Waals surface area contributed by atoms with Gasteiger partial charge < -0.3 is 16.0 Å². The predicted octanol–water partition coefficient (Wildman–Crippen LogP) is 16.8. The molecule has 68 heavy (non-hydrogen) atoms. The summed E-state index contributed by atoms with van der Waals surface area (Å²) >= 11 is -3.43. The molecule has 0 aliphatic heterocycles. The molecule has 2 N–H and O–H groups in total. The van der Waals surface area contributed by atoms with Crippen LogP contribution in [0.2, 0.25) is 0 Å². The summed E-state index contributed by atoms with van der Waals surface area (Å²) in [6.07, 6.45) is 11.0. The van der Waals surface area contributed by atoms with E-state index in [1.54, 1.807) is 6.92 Å². The Morgan fingerprint density at radius 2 is 0.574 bits per heavy atom. The topological polar surface area (TPSA) is 74.6 Å². The molecule has 6 aromatic carbocycles. The van der Waals surface area contributed by atoms with Crippen molar-refractivity contribution >= 4 is 22.2 Å². The first-order chi connectivity index (χ1) is 28.4. The minimum absolute atomic E-state index is 0. The minimum atomic E-state index is -1.72. The van der Waals surface area contributed by atoms with E-state index in [2.05, 4.69) is 89.2 Å². The number of benzene rings is 6. The van der Waals surface area contributed by atoms with E-state index in [4.69, 9.17) is 9.11 Å². The normalized spacial score (nSPS) is 9.47. The van der Waals surface area contributed by atoms with Crippen molar-refractivity contribution in [2.45, 2.75) is 157 Å². The fraction of sp³-hybridized carbons (Fsp3) is 0.383. The van der Waals surface area contributed by atoms with Gasteiger partial charge in [0.05, 0.1) is 11.5 Å². The Kier molecular flexibility index (Phi) is 109. The average Bonchev–Trinajstić information content (AvgIpc) is 3.89. The molecule has 6 aromatic rings. The molecule has 384 valence electrons. The van der Waals surface area contributed by atoms with Crippen molar-refractivity contribution in [2.24, 2.45) is 0 Å². The van der Waals surface area contributed by atoms with E-state index in [0.29, 0.717) is 0 Å². The van der Waals surface area contributed by atoms with Gasteiger partial charge in [-0.25, -0.2) is 8.42 Å². The van der Waals surface area contributed by atoms with E-state index in [0.717, 1.165) is 24.0 Å². The van der Waals surface area contributed by atoms with Gasteiger partial charge in [0.25, 0.3) is 0 Å². The second-order valence-electron chi connectivity index (χ2n) is 12.3. The molecule has 0 heterocycles. The van der Waals surface area contributed by atoms with Crippen molar-refractivity contribution in [3.63, 3.8) is 0 Å². The molecule has 4 nitrogen and oxygen atoms in total. The summed E-state index contributed by atoms with van der Waals surface area (Å²) in [5.74, 6) is 0.446. The summed E-state index contributed by atoms with van der Waals surface area (Å²) in [5.41, 5.74) is 4.60. The van der Waals surface area contributed by atoms with Gasteiger partial charge in [0.1, 0.15) is 0 Å². The van der Waals surface area contributed by atoms with Crippen LogP contribution in [0.15, 0.2) is 188 Å². The van der Waals surface area contributed by atoms with Crippen LogP contribution in [0.3, 0.4) is 0 Å². The molecular weight excluding hydrogens is 1090 g/mol. The van der Waals surface area contributed by atoms with Crippen LogP contribution in [0.4, 0.5) is 0 Å². The van der Waals surface area contributed by atoms with Crippen molar-refractivity contribution in [1.29, 1.82) is 0 Å². The maximum Gasteiger partial charge on any atom is 1.00 e. The second kappa shape index (κ2) is 78.4. The maximum absolute atomic E-state index is 10.3. The fourth-order valence-corrected chi connectivity index (χ4v) is 5.43. The Balaban J connectivity index is -0.0000000521. The number of hydrogen-bond donors (Lipinski definition) is 2. The third kappa shape index (κ3) is 72.2. The van der Waals surface area contributed by atoms with Gasteiger partial charge in [-0.2, -0.15) is 43.3 Å². The Morgan fingerprint density at radius 3 is 0.706 bits per heavy atom. The summed E-state index contributed by atoms with van der Waals surface area (Å²) in [6.45, 7) is 13.6. The molecule has 1 aliphatic rings. The van der Waals surface area contributed by atoms with Crippen molar-refractivity contribution in [3.8, 4) is 0 Å². The van der Waals surface area contributed by atoms with Crippen LogP contribution >= 0.6 is 0 Å². The van der Waals surface area contributed by atoms with E-state index in [-0.39, 0.29) is 121 Å². The van der Waals surface area contributed by atoms with Crippen LogP contribution in [-0.4, -0.2) is 17.5 Å². The molecular formula is C60H102LiO4S2U-. The van der Waals surface area contributed by atoms with E-state index >= 15 is 0 Å². The smallest absolute Gasteiger partial charge is 0.346 e. The summed E-state index contributed by atoms with van der Waals surface area (Å²) in [6, 6.07) is 63.9. The average molecular weight is 1200 g/mol. The monoisotopic (exact) mass is 1200 g/mol. The van der Waals surface area contributed by atoms with Crippen LogP contribution in [0.1, 0.15) is 155 Å². The molecule has 0 radical (unpaired) electrons. The summed E-state index contributed by atoms with van der Waals surface area (Å²) in [4.78, 5) is 0. The van der Waals surface area contributed by atoms with E-state index in [1.165, 1.54) is 49.7 Å². The van der Waals surface area contributed by atoms with Crippen LogP contribution < -0.4 is 18.9 Å². The summed E-state index contributed by atoms with van der Waals surface area (Å²) < 4.78 is 37.5. The summed E-state index contributed by atoms with van der Waals surface area (Å²) in [7, 11) is 0. The molecule has 0 bridgehead atoms. The van der Waals surface area contributed by atoms with Crippen LogP contribution in [0, 0.1) is 44.1 Å². The van der Waals surface area contributed by atoms with Gasteiger partial charge in [0.15, 0.2) is 22.2 Å². The van der Waals surface area contributed by atoms with Gasteiger partial charge in [-0.3, -0.25) is 0 Å². The maximum atomic E-state index is 10.3.